The normalized spacial score (nSPS) is 12.5. The Labute approximate surface area is 91.7 Å². The summed E-state index contributed by atoms with van der Waals surface area (Å²) in [7, 11) is 0. The van der Waals surface area contributed by atoms with Gasteiger partial charge in [-0.25, -0.2) is 0 Å². The fourth-order valence-corrected chi connectivity index (χ4v) is 1.43. The van der Waals surface area contributed by atoms with Crippen molar-refractivity contribution in [1.82, 2.24) is 5.32 Å². The maximum Gasteiger partial charge on any atom is 0.222 e. The Bertz CT molecular complexity index is 306. The summed E-state index contributed by atoms with van der Waals surface area (Å²) >= 11 is 0. The molecule has 0 spiro atoms. The summed E-state index contributed by atoms with van der Waals surface area (Å²) in [5, 5.41) is 2.99. The van der Waals surface area contributed by atoms with Gasteiger partial charge in [-0.15, -0.1) is 0 Å². The fraction of sp³-hybridized carbons (Fsp3) is 0.462. The summed E-state index contributed by atoms with van der Waals surface area (Å²) in [5.74, 6) is 0.182. The maximum atomic E-state index is 11.4. The molecule has 0 aliphatic carbocycles. The first-order chi connectivity index (χ1) is 7.09. The molecule has 2 heteroatoms. The second-order valence-electron chi connectivity index (χ2n) is 4.25. The molecular formula is C13H19NO. The van der Waals surface area contributed by atoms with E-state index in [-0.39, 0.29) is 17.9 Å². The average molecular weight is 205 g/mol. The predicted molar refractivity (Wildman–Crippen MR) is 62.6 cm³/mol. The van der Waals surface area contributed by atoms with Crippen LogP contribution in [0.1, 0.15) is 26.3 Å². The molecule has 0 bridgehead atoms. The van der Waals surface area contributed by atoms with Crippen LogP contribution in [0.15, 0.2) is 30.3 Å². The predicted octanol–water partition coefficient (Wildman–Crippen LogP) is 2.39. The van der Waals surface area contributed by atoms with Crippen molar-refractivity contribution in [2.24, 2.45) is 5.92 Å². The van der Waals surface area contributed by atoms with Crippen molar-refractivity contribution in [2.75, 3.05) is 0 Å². The van der Waals surface area contributed by atoms with Gasteiger partial charge in [0.15, 0.2) is 0 Å². The lowest BCUT2D eigenvalue weighted by Gasteiger charge is -2.15. The van der Waals surface area contributed by atoms with Crippen LogP contribution in [-0.4, -0.2) is 11.9 Å². The highest BCUT2D eigenvalue weighted by atomic mass is 16.1. The minimum Gasteiger partial charge on any atom is -0.353 e. The zero-order valence-corrected chi connectivity index (χ0v) is 9.66. The van der Waals surface area contributed by atoms with Crippen LogP contribution < -0.4 is 5.32 Å². The van der Waals surface area contributed by atoms with Crippen molar-refractivity contribution in [1.29, 1.82) is 0 Å². The van der Waals surface area contributed by atoms with Gasteiger partial charge >= 0.3 is 0 Å². The van der Waals surface area contributed by atoms with Crippen LogP contribution in [0, 0.1) is 5.92 Å². The van der Waals surface area contributed by atoms with E-state index in [1.165, 1.54) is 5.56 Å². The molecule has 82 valence electrons. The molecule has 1 aromatic carbocycles. The third kappa shape index (κ3) is 4.15. The zero-order valence-electron chi connectivity index (χ0n) is 9.66. The minimum atomic E-state index is 0.0585. The molecule has 15 heavy (non-hydrogen) atoms. The smallest absolute Gasteiger partial charge is 0.222 e. The van der Waals surface area contributed by atoms with Crippen LogP contribution in [0.3, 0.4) is 0 Å². The van der Waals surface area contributed by atoms with Gasteiger partial charge in [0.1, 0.15) is 0 Å². The standard InChI is InChI=1S/C13H19NO/c1-10(2)13(15)14-11(3)9-12-7-5-4-6-8-12/h4-8,10-11H,9H2,1-3H3,(H,14,15)/t11-/m1/s1. The maximum absolute atomic E-state index is 11.4. The van der Waals surface area contributed by atoms with Gasteiger partial charge in [-0.1, -0.05) is 44.2 Å². The number of rotatable bonds is 4. The Balaban J connectivity index is 2.43. The van der Waals surface area contributed by atoms with Crippen molar-refractivity contribution >= 4 is 5.91 Å². The van der Waals surface area contributed by atoms with Gasteiger partial charge in [0.05, 0.1) is 0 Å². The minimum absolute atomic E-state index is 0.0585. The fourth-order valence-electron chi connectivity index (χ4n) is 1.43. The van der Waals surface area contributed by atoms with Crippen LogP contribution in [0.2, 0.25) is 0 Å². The summed E-state index contributed by atoms with van der Waals surface area (Å²) < 4.78 is 0. The van der Waals surface area contributed by atoms with E-state index < -0.39 is 0 Å². The van der Waals surface area contributed by atoms with E-state index in [2.05, 4.69) is 17.4 Å². The summed E-state index contributed by atoms with van der Waals surface area (Å²) in [4.78, 5) is 11.4. The molecule has 2 nitrogen and oxygen atoms in total. The second kappa shape index (κ2) is 5.54. The Morgan fingerprint density at radius 2 is 1.80 bits per heavy atom. The van der Waals surface area contributed by atoms with Gasteiger partial charge in [0.2, 0.25) is 5.91 Å². The molecule has 1 rings (SSSR count). The summed E-state index contributed by atoms with van der Waals surface area (Å²) in [5.41, 5.74) is 1.26. The molecule has 0 aromatic heterocycles. The molecular weight excluding hydrogens is 186 g/mol. The lowest BCUT2D eigenvalue weighted by atomic mass is 10.1. The molecule has 0 saturated carbocycles. The van der Waals surface area contributed by atoms with Crippen LogP contribution in [0.4, 0.5) is 0 Å². The molecule has 0 heterocycles. The van der Waals surface area contributed by atoms with Crippen LogP contribution >= 0.6 is 0 Å². The third-order valence-corrected chi connectivity index (χ3v) is 2.30. The molecule has 0 fully saturated rings. The van der Waals surface area contributed by atoms with Gasteiger partial charge in [-0.3, -0.25) is 4.79 Å². The number of carbonyl (C=O) groups excluding carboxylic acids is 1. The molecule has 1 aromatic rings. The summed E-state index contributed by atoms with van der Waals surface area (Å²) in [6.45, 7) is 5.85. The molecule has 1 atom stereocenters. The van der Waals surface area contributed by atoms with E-state index in [0.29, 0.717) is 0 Å². The molecule has 0 radical (unpaired) electrons. The SMILES string of the molecule is CC(C)C(=O)N[C@H](C)Cc1ccccc1. The molecule has 0 saturated heterocycles. The number of benzene rings is 1. The van der Waals surface area contributed by atoms with Crippen molar-refractivity contribution < 1.29 is 4.79 Å². The van der Waals surface area contributed by atoms with Gasteiger partial charge < -0.3 is 5.32 Å². The Kier molecular flexibility index (Phi) is 4.35. The first-order valence-corrected chi connectivity index (χ1v) is 5.44. The summed E-state index contributed by atoms with van der Waals surface area (Å²) in [6.07, 6.45) is 0.888. The molecule has 0 aliphatic rings. The van der Waals surface area contributed by atoms with Crippen molar-refractivity contribution in [3.05, 3.63) is 35.9 Å². The van der Waals surface area contributed by atoms with Crippen molar-refractivity contribution in [2.45, 2.75) is 33.2 Å². The molecule has 0 unspecified atom stereocenters. The highest BCUT2D eigenvalue weighted by Crippen LogP contribution is 2.03. The Morgan fingerprint density at radius 1 is 1.20 bits per heavy atom. The second-order valence-corrected chi connectivity index (χ2v) is 4.25. The van der Waals surface area contributed by atoms with Crippen molar-refractivity contribution in [3.63, 3.8) is 0 Å². The lowest BCUT2D eigenvalue weighted by Crippen LogP contribution is -2.36. The van der Waals surface area contributed by atoms with E-state index in [1.54, 1.807) is 0 Å². The average Bonchev–Trinajstić information content (AvgIpc) is 2.18. The highest BCUT2D eigenvalue weighted by molar-refractivity contribution is 5.78. The lowest BCUT2D eigenvalue weighted by molar-refractivity contribution is -0.124. The molecule has 1 amide bonds. The topological polar surface area (TPSA) is 29.1 Å². The van der Waals surface area contributed by atoms with E-state index >= 15 is 0 Å². The third-order valence-electron chi connectivity index (χ3n) is 2.30. The monoisotopic (exact) mass is 205 g/mol. The van der Waals surface area contributed by atoms with Gasteiger partial charge in [0.25, 0.3) is 0 Å². The Hall–Kier alpha value is -1.31. The van der Waals surface area contributed by atoms with Crippen molar-refractivity contribution in [3.8, 4) is 0 Å². The van der Waals surface area contributed by atoms with Crippen LogP contribution in [0.5, 0.6) is 0 Å². The van der Waals surface area contributed by atoms with E-state index in [1.807, 2.05) is 39.0 Å². The van der Waals surface area contributed by atoms with Gasteiger partial charge in [-0.05, 0) is 18.9 Å². The number of nitrogens with one attached hydrogen (secondary N) is 1. The van der Waals surface area contributed by atoms with E-state index in [4.69, 9.17) is 0 Å². The largest absolute Gasteiger partial charge is 0.353 e. The van der Waals surface area contributed by atoms with E-state index in [9.17, 15) is 4.79 Å². The number of carbonyl (C=O) groups is 1. The van der Waals surface area contributed by atoms with Gasteiger partial charge in [0, 0.05) is 12.0 Å². The number of amides is 1. The summed E-state index contributed by atoms with van der Waals surface area (Å²) in [6, 6.07) is 10.4. The highest BCUT2D eigenvalue weighted by Gasteiger charge is 2.10. The molecule has 1 N–H and O–H groups in total. The molecule has 0 aliphatic heterocycles. The first-order valence-electron chi connectivity index (χ1n) is 5.44. The first kappa shape index (κ1) is 11.8. The van der Waals surface area contributed by atoms with Gasteiger partial charge in [-0.2, -0.15) is 0 Å². The number of hydrogen-bond donors (Lipinski definition) is 1. The van der Waals surface area contributed by atoms with Crippen LogP contribution in [-0.2, 0) is 11.2 Å². The zero-order chi connectivity index (χ0) is 11.3. The Morgan fingerprint density at radius 3 is 2.33 bits per heavy atom. The van der Waals surface area contributed by atoms with Crippen LogP contribution in [0.25, 0.3) is 0 Å². The number of hydrogen-bond acceptors (Lipinski definition) is 1. The van der Waals surface area contributed by atoms with E-state index in [0.717, 1.165) is 6.42 Å². The quantitative estimate of drug-likeness (QED) is 0.803.